The van der Waals surface area contributed by atoms with Gasteiger partial charge in [-0.3, -0.25) is 9.80 Å². The van der Waals surface area contributed by atoms with Gasteiger partial charge in [-0.25, -0.2) is 0 Å². The first-order valence-electron chi connectivity index (χ1n) is 8.68. The Morgan fingerprint density at radius 3 is 2.08 bits per heavy atom. The molecule has 0 aliphatic carbocycles. The summed E-state index contributed by atoms with van der Waals surface area (Å²) in [6, 6.07) is 18.7. The van der Waals surface area contributed by atoms with Gasteiger partial charge in [0.1, 0.15) is 0 Å². The van der Waals surface area contributed by atoms with Gasteiger partial charge in [-0.15, -0.1) is 0 Å². The minimum Gasteiger partial charge on any atom is -0.392 e. The van der Waals surface area contributed by atoms with Gasteiger partial charge >= 0.3 is 0 Å². The average molecular weight is 322 g/mol. The van der Waals surface area contributed by atoms with Crippen LogP contribution in [0, 0.1) is 0 Å². The second-order valence-electron chi connectivity index (χ2n) is 6.36. The topological polar surface area (TPSA) is 26.7 Å². The number of nitrogens with zero attached hydrogens (tertiary/aromatic N) is 2. The summed E-state index contributed by atoms with van der Waals surface area (Å²) in [5.74, 6) is 0. The van der Waals surface area contributed by atoms with Crippen LogP contribution < -0.4 is 0 Å². The lowest BCUT2D eigenvalue weighted by atomic mass is 10.1. The molecule has 0 atom stereocenters. The van der Waals surface area contributed by atoms with Gasteiger partial charge in [0.05, 0.1) is 6.61 Å². The van der Waals surface area contributed by atoms with Crippen LogP contribution >= 0.6 is 0 Å². The Hall–Kier alpha value is -1.94. The van der Waals surface area contributed by atoms with Crippen molar-refractivity contribution in [1.82, 2.24) is 9.80 Å². The largest absolute Gasteiger partial charge is 0.392 e. The zero-order chi connectivity index (χ0) is 16.6. The second kappa shape index (κ2) is 8.78. The molecule has 0 bridgehead atoms. The van der Waals surface area contributed by atoms with Crippen molar-refractivity contribution in [3.8, 4) is 0 Å². The summed E-state index contributed by atoms with van der Waals surface area (Å²) >= 11 is 0. The summed E-state index contributed by atoms with van der Waals surface area (Å²) in [4.78, 5) is 5.01. The van der Waals surface area contributed by atoms with E-state index in [9.17, 15) is 0 Å². The molecule has 1 heterocycles. The highest BCUT2D eigenvalue weighted by molar-refractivity contribution is 5.48. The summed E-state index contributed by atoms with van der Waals surface area (Å²) in [7, 11) is 0. The van der Waals surface area contributed by atoms with Gasteiger partial charge in [-0.2, -0.15) is 0 Å². The van der Waals surface area contributed by atoms with Crippen molar-refractivity contribution >= 4 is 6.08 Å². The number of hydrogen-bond donors (Lipinski definition) is 1. The quantitative estimate of drug-likeness (QED) is 0.886. The molecule has 1 aliphatic heterocycles. The van der Waals surface area contributed by atoms with Gasteiger partial charge in [0.15, 0.2) is 0 Å². The Morgan fingerprint density at radius 1 is 0.792 bits per heavy atom. The summed E-state index contributed by atoms with van der Waals surface area (Å²) < 4.78 is 0. The zero-order valence-electron chi connectivity index (χ0n) is 14.1. The van der Waals surface area contributed by atoms with Crippen LogP contribution in [0.1, 0.15) is 16.7 Å². The van der Waals surface area contributed by atoms with Crippen molar-refractivity contribution in [3.05, 3.63) is 77.4 Å². The molecule has 126 valence electrons. The summed E-state index contributed by atoms with van der Waals surface area (Å²) in [6.45, 7) is 6.60. The molecule has 0 radical (unpaired) electrons. The molecule has 3 heteroatoms. The molecule has 1 N–H and O–H groups in total. The molecule has 1 fully saturated rings. The van der Waals surface area contributed by atoms with Gasteiger partial charge in [0.2, 0.25) is 0 Å². The van der Waals surface area contributed by atoms with Crippen LogP contribution in [0.2, 0.25) is 0 Å². The highest BCUT2D eigenvalue weighted by Crippen LogP contribution is 2.10. The third kappa shape index (κ3) is 5.03. The van der Waals surface area contributed by atoms with Gasteiger partial charge < -0.3 is 5.11 Å². The lowest BCUT2D eigenvalue weighted by Crippen LogP contribution is -2.45. The number of aliphatic hydroxyl groups is 1. The number of hydrogen-bond acceptors (Lipinski definition) is 3. The maximum atomic E-state index is 9.10. The van der Waals surface area contributed by atoms with Crippen molar-refractivity contribution in [2.24, 2.45) is 0 Å². The van der Waals surface area contributed by atoms with E-state index in [0.29, 0.717) is 0 Å². The van der Waals surface area contributed by atoms with E-state index in [1.807, 2.05) is 18.2 Å². The monoisotopic (exact) mass is 322 g/mol. The molecule has 1 saturated heterocycles. The molecular formula is C21H26N2O. The van der Waals surface area contributed by atoms with Crippen LogP contribution in [0.4, 0.5) is 0 Å². The van der Waals surface area contributed by atoms with Gasteiger partial charge in [0.25, 0.3) is 0 Å². The van der Waals surface area contributed by atoms with Crippen molar-refractivity contribution in [2.45, 2.75) is 13.2 Å². The first-order chi connectivity index (χ1) is 11.8. The number of piperazine rings is 1. The Balaban J connectivity index is 1.41. The molecule has 0 saturated carbocycles. The van der Waals surface area contributed by atoms with Crippen molar-refractivity contribution < 1.29 is 5.11 Å². The Kier molecular flexibility index (Phi) is 6.19. The van der Waals surface area contributed by atoms with E-state index in [2.05, 4.69) is 58.4 Å². The Morgan fingerprint density at radius 2 is 1.42 bits per heavy atom. The van der Waals surface area contributed by atoms with Crippen LogP contribution in [-0.2, 0) is 13.2 Å². The van der Waals surface area contributed by atoms with Gasteiger partial charge in [0, 0.05) is 39.3 Å². The molecule has 24 heavy (non-hydrogen) atoms. The predicted molar refractivity (Wildman–Crippen MR) is 99.6 cm³/mol. The van der Waals surface area contributed by atoms with Crippen LogP contribution in [-0.4, -0.2) is 47.6 Å². The highest BCUT2D eigenvalue weighted by Gasteiger charge is 2.15. The molecule has 0 aromatic heterocycles. The predicted octanol–water partition coefficient (Wildman–Crippen LogP) is 3.01. The summed E-state index contributed by atoms with van der Waals surface area (Å²) in [6.07, 6.45) is 4.47. The molecule has 0 spiro atoms. The molecular weight excluding hydrogens is 296 g/mol. The van der Waals surface area contributed by atoms with Crippen LogP contribution in [0.3, 0.4) is 0 Å². The normalized spacial score (nSPS) is 16.7. The smallest absolute Gasteiger partial charge is 0.0681 e. The van der Waals surface area contributed by atoms with E-state index in [1.54, 1.807) is 0 Å². The van der Waals surface area contributed by atoms with Gasteiger partial charge in [-0.05, 0) is 16.7 Å². The molecule has 2 aromatic carbocycles. The van der Waals surface area contributed by atoms with E-state index >= 15 is 0 Å². The van der Waals surface area contributed by atoms with Crippen molar-refractivity contribution in [1.29, 1.82) is 0 Å². The van der Waals surface area contributed by atoms with E-state index in [-0.39, 0.29) is 6.61 Å². The fourth-order valence-corrected chi connectivity index (χ4v) is 3.04. The van der Waals surface area contributed by atoms with E-state index in [1.165, 1.54) is 11.1 Å². The van der Waals surface area contributed by atoms with E-state index in [4.69, 9.17) is 5.11 Å². The standard InChI is InChI=1S/C21H26N2O/c24-18-21-10-8-20(9-11-21)17-23-15-13-22(14-16-23)12-4-7-19-5-2-1-3-6-19/h1-11,24H,12-18H2/b7-4+. The molecule has 3 rings (SSSR count). The zero-order valence-corrected chi connectivity index (χ0v) is 14.1. The SMILES string of the molecule is OCc1ccc(CN2CCN(C/C=C/c3ccccc3)CC2)cc1. The van der Waals surface area contributed by atoms with Crippen LogP contribution in [0.5, 0.6) is 0 Å². The number of rotatable bonds is 6. The minimum atomic E-state index is 0.120. The van der Waals surface area contributed by atoms with E-state index < -0.39 is 0 Å². The lowest BCUT2D eigenvalue weighted by molar-refractivity contribution is 0.137. The van der Waals surface area contributed by atoms with Crippen molar-refractivity contribution in [3.63, 3.8) is 0 Å². The molecule has 1 aliphatic rings. The van der Waals surface area contributed by atoms with Crippen LogP contribution in [0.25, 0.3) is 6.08 Å². The van der Waals surface area contributed by atoms with Crippen molar-refractivity contribution in [2.75, 3.05) is 32.7 Å². The average Bonchev–Trinajstić information content (AvgIpc) is 2.65. The Labute approximate surface area is 144 Å². The first kappa shape index (κ1) is 16.9. The summed E-state index contributed by atoms with van der Waals surface area (Å²) in [5.41, 5.74) is 3.57. The first-order valence-corrected chi connectivity index (χ1v) is 8.68. The fourth-order valence-electron chi connectivity index (χ4n) is 3.04. The summed E-state index contributed by atoms with van der Waals surface area (Å²) in [5, 5.41) is 9.10. The fraction of sp³-hybridized carbons (Fsp3) is 0.333. The molecule has 0 unspecified atom stereocenters. The van der Waals surface area contributed by atoms with E-state index in [0.717, 1.165) is 44.8 Å². The number of benzene rings is 2. The third-order valence-corrected chi connectivity index (χ3v) is 4.55. The molecule has 3 nitrogen and oxygen atoms in total. The number of aliphatic hydroxyl groups excluding tert-OH is 1. The molecule has 2 aromatic rings. The lowest BCUT2D eigenvalue weighted by Gasteiger charge is -2.34. The minimum absolute atomic E-state index is 0.120. The van der Waals surface area contributed by atoms with Crippen LogP contribution in [0.15, 0.2) is 60.7 Å². The molecule has 0 amide bonds. The maximum absolute atomic E-state index is 9.10. The van der Waals surface area contributed by atoms with Gasteiger partial charge in [-0.1, -0.05) is 66.7 Å². The second-order valence-corrected chi connectivity index (χ2v) is 6.36. The Bertz CT molecular complexity index is 629. The highest BCUT2D eigenvalue weighted by atomic mass is 16.3. The maximum Gasteiger partial charge on any atom is 0.0681 e. The third-order valence-electron chi connectivity index (χ3n) is 4.55.